The maximum Gasteiger partial charge on any atom is 0.326 e. The summed E-state index contributed by atoms with van der Waals surface area (Å²) in [5, 5.41) is 29.9. The van der Waals surface area contributed by atoms with Crippen LogP contribution in [0, 0.1) is 16.0 Å². The van der Waals surface area contributed by atoms with Crippen LogP contribution in [0.25, 0.3) is 5.69 Å². The highest BCUT2D eigenvalue weighted by molar-refractivity contribution is 5.94. The summed E-state index contributed by atoms with van der Waals surface area (Å²) in [7, 11) is 0. The molecule has 132 valence electrons. The van der Waals surface area contributed by atoms with Gasteiger partial charge in [0.15, 0.2) is 5.69 Å². The number of nitrogens with one attached hydrogen (secondary N) is 1. The fraction of sp³-hybridized carbons (Fsp3) is 0.333. The molecule has 2 N–H and O–H groups in total. The predicted octanol–water partition coefficient (Wildman–Crippen LogP) is 1.40. The zero-order chi connectivity index (χ0) is 18.6. The standard InChI is InChI=1S/C15H17N5O5/c1-3-9(2)13(15(22)23)16-14(21)12-8-19(18-17-12)10-5-4-6-11(7-10)20(24)25/h4-9,13H,3H2,1-2H3,(H,16,21)(H,22,23)/t9-,13-/m0/s1. The second kappa shape index (κ2) is 7.51. The summed E-state index contributed by atoms with van der Waals surface area (Å²) >= 11 is 0. The topological polar surface area (TPSA) is 140 Å². The van der Waals surface area contributed by atoms with E-state index < -0.39 is 22.8 Å². The number of nitrogens with zero attached hydrogens (tertiary/aromatic N) is 4. The molecule has 10 heteroatoms. The molecular weight excluding hydrogens is 330 g/mol. The highest BCUT2D eigenvalue weighted by atomic mass is 16.6. The van der Waals surface area contributed by atoms with E-state index >= 15 is 0 Å². The monoisotopic (exact) mass is 347 g/mol. The van der Waals surface area contributed by atoms with Gasteiger partial charge in [0.1, 0.15) is 6.04 Å². The van der Waals surface area contributed by atoms with E-state index in [0.717, 1.165) is 0 Å². The highest BCUT2D eigenvalue weighted by Crippen LogP contribution is 2.16. The number of carboxylic acids is 1. The van der Waals surface area contributed by atoms with E-state index in [4.69, 9.17) is 0 Å². The predicted molar refractivity (Wildman–Crippen MR) is 86.4 cm³/mol. The molecule has 25 heavy (non-hydrogen) atoms. The Morgan fingerprint density at radius 3 is 2.76 bits per heavy atom. The van der Waals surface area contributed by atoms with Crippen molar-refractivity contribution in [3.63, 3.8) is 0 Å². The first-order chi connectivity index (χ1) is 11.8. The van der Waals surface area contributed by atoms with Crippen molar-refractivity contribution in [2.45, 2.75) is 26.3 Å². The van der Waals surface area contributed by atoms with Crippen molar-refractivity contribution in [2.75, 3.05) is 0 Å². The van der Waals surface area contributed by atoms with Crippen molar-refractivity contribution in [1.29, 1.82) is 0 Å². The first-order valence-corrected chi connectivity index (χ1v) is 7.54. The molecule has 0 saturated heterocycles. The molecule has 0 aliphatic rings. The average Bonchev–Trinajstić information content (AvgIpc) is 3.08. The van der Waals surface area contributed by atoms with E-state index in [0.29, 0.717) is 12.1 Å². The Morgan fingerprint density at radius 1 is 1.44 bits per heavy atom. The number of carbonyl (C=O) groups excluding carboxylic acids is 1. The normalized spacial score (nSPS) is 13.0. The van der Waals surface area contributed by atoms with Crippen LogP contribution in [0.1, 0.15) is 30.8 Å². The third-order valence-corrected chi connectivity index (χ3v) is 3.80. The van der Waals surface area contributed by atoms with Crippen LogP contribution in [-0.4, -0.2) is 42.9 Å². The fourth-order valence-corrected chi connectivity index (χ4v) is 2.14. The van der Waals surface area contributed by atoms with E-state index in [1.807, 2.05) is 6.92 Å². The van der Waals surface area contributed by atoms with Crippen molar-refractivity contribution in [2.24, 2.45) is 5.92 Å². The van der Waals surface area contributed by atoms with Gasteiger partial charge in [0.2, 0.25) is 0 Å². The minimum Gasteiger partial charge on any atom is -0.480 e. The van der Waals surface area contributed by atoms with Crippen LogP contribution in [0.15, 0.2) is 30.5 Å². The van der Waals surface area contributed by atoms with Crippen LogP contribution < -0.4 is 5.32 Å². The first kappa shape index (κ1) is 18.0. The van der Waals surface area contributed by atoms with E-state index in [1.54, 1.807) is 13.0 Å². The highest BCUT2D eigenvalue weighted by Gasteiger charge is 2.26. The number of non-ortho nitro benzene ring substituents is 1. The van der Waals surface area contributed by atoms with Gasteiger partial charge in [-0.1, -0.05) is 31.5 Å². The third kappa shape index (κ3) is 4.16. The number of carboxylic acid groups (broad SMARTS) is 1. The lowest BCUT2D eigenvalue weighted by Gasteiger charge is -2.19. The van der Waals surface area contributed by atoms with Crippen LogP contribution >= 0.6 is 0 Å². The summed E-state index contributed by atoms with van der Waals surface area (Å²) in [5.41, 5.74) is 0.153. The number of rotatable bonds is 7. The molecule has 0 aliphatic carbocycles. The van der Waals surface area contributed by atoms with E-state index in [9.17, 15) is 24.8 Å². The van der Waals surface area contributed by atoms with Gasteiger partial charge >= 0.3 is 5.97 Å². The number of benzene rings is 1. The van der Waals surface area contributed by atoms with E-state index in [-0.39, 0.29) is 17.3 Å². The number of nitro benzene ring substituents is 1. The molecule has 10 nitrogen and oxygen atoms in total. The van der Waals surface area contributed by atoms with E-state index in [2.05, 4.69) is 15.6 Å². The molecular formula is C15H17N5O5. The lowest BCUT2D eigenvalue weighted by atomic mass is 9.99. The fourth-order valence-electron chi connectivity index (χ4n) is 2.14. The summed E-state index contributed by atoms with van der Waals surface area (Å²) < 4.78 is 1.21. The van der Waals surface area contributed by atoms with Crippen molar-refractivity contribution < 1.29 is 19.6 Å². The summed E-state index contributed by atoms with van der Waals surface area (Å²) in [4.78, 5) is 33.7. The third-order valence-electron chi connectivity index (χ3n) is 3.80. The smallest absolute Gasteiger partial charge is 0.326 e. The molecule has 0 aliphatic heterocycles. The Bertz CT molecular complexity index is 803. The largest absolute Gasteiger partial charge is 0.480 e. The van der Waals surface area contributed by atoms with E-state index in [1.165, 1.54) is 29.1 Å². The lowest BCUT2D eigenvalue weighted by molar-refractivity contribution is -0.384. The Hall–Kier alpha value is -3.30. The van der Waals surface area contributed by atoms with Crippen LogP contribution in [0.3, 0.4) is 0 Å². The summed E-state index contributed by atoms with van der Waals surface area (Å²) in [5.74, 6) is -2.06. The summed E-state index contributed by atoms with van der Waals surface area (Å²) in [6, 6.07) is 4.63. The molecule has 0 radical (unpaired) electrons. The van der Waals surface area contributed by atoms with Gasteiger partial charge in [-0.3, -0.25) is 14.9 Å². The van der Waals surface area contributed by atoms with Crippen LogP contribution in [0.4, 0.5) is 5.69 Å². The summed E-state index contributed by atoms with van der Waals surface area (Å²) in [6.45, 7) is 3.55. The number of hydrogen-bond donors (Lipinski definition) is 2. The average molecular weight is 347 g/mol. The van der Waals surface area contributed by atoms with Gasteiger partial charge in [-0.05, 0) is 12.0 Å². The molecule has 0 spiro atoms. The zero-order valence-electron chi connectivity index (χ0n) is 13.6. The molecule has 0 saturated carbocycles. The van der Waals surface area contributed by atoms with Gasteiger partial charge < -0.3 is 10.4 Å². The van der Waals surface area contributed by atoms with Gasteiger partial charge in [-0.2, -0.15) is 0 Å². The molecule has 2 atom stereocenters. The molecule has 1 aromatic heterocycles. The molecule has 1 amide bonds. The second-order valence-electron chi connectivity index (χ2n) is 5.50. The molecule has 0 unspecified atom stereocenters. The Labute approximate surface area is 142 Å². The van der Waals surface area contributed by atoms with Crippen molar-refractivity contribution in [3.05, 3.63) is 46.3 Å². The molecule has 2 aromatic rings. The Kier molecular flexibility index (Phi) is 5.42. The van der Waals surface area contributed by atoms with Crippen LogP contribution in [0.2, 0.25) is 0 Å². The Balaban J connectivity index is 2.20. The van der Waals surface area contributed by atoms with Crippen molar-refractivity contribution in [1.82, 2.24) is 20.3 Å². The summed E-state index contributed by atoms with van der Waals surface area (Å²) in [6.07, 6.45) is 1.86. The zero-order valence-corrected chi connectivity index (χ0v) is 13.6. The minimum atomic E-state index is -1.13. The molecule has 0 bridgehead atoms. The molecule has 2 rings (SSSR count). The first-order valence-electron chi connectivity index (χ1n) is 7.54. The second-order valence-corrected chi connectivity index (χ2v) is 5.50. The van der Waals surface area contributed by atoms with Gasteiger partial charge in [0.05, 0.1) is 16.8 Å². The van der Waals surface area contributed by atoms with Crippen LogP contribution in [0.5, 0.6) is 0 Å². The SMILES string of the molecule is CC[C@H](C)[C@H](NC(=O)c1cn(-c2cccc([N+](=O)[O-])c2)nn1)C(=O)O. The van der Waals surface area contributed by atoms with Crippen molar-refractivity contribution >= 4 is 17.6 Å². The van der Waals surface area contributed by atoms with Crippen LogP contribution in [-0.2, 0) is 4.79 Å². The lowest BCUT2D eigenvalue weighted by Crippen LogP contribution is -2.45. The maximum atomic E-state index is 12.2. The van der Waals surface area contributed by atoms with Gasteiger partial charge in [0, 0.05) is 12.1 Å². The quantitative estimate of drug-likeness (QED) is 0.570. The number of amides is 1. The number of aromatic nitrogens is 3. The van der Waals surface area contributed by atoms with Crippen molar-refractivity contribution in [3.8, 4) is 5.69 Å². The van der Waals surface area contributed by atoms with Gasteiger partial charge in [-0.25, -0.2) is 9.48 Å². The molecule has 0 fully saturated rings. The molecule has 1 heterocycles. The Morgan fingerprint density at radius 2 is 2.16 bits per heavy atom. The van der Waals surface area contributed by atoms with Gasteiger partial charge in [-0.15, -0.1) is 5.10 Å². The number of hydrogen-bond acceptors (Lipinski definition) is 6. The number of carbonyl (C=O) groups is 2. The number of aliphatic carboxylic acids is 1. The molecule has 1 aromatic carbocycles. The minimum absolute atomic E-state index is 0.0824. The van der Waals surface area contributed by atoms with Gasteiger partial charge in [0.25, 0.3) is 11.6 Å². The number of nitro groups is 1. The maximum absolute atomic E-state index is 12.2.